The van der Waals surface area contributed by atoms with Crippen LogP contribution in [0.25, 0.3) is 0 Å². The Morgan fingerprint density at radius 3 is 1.51 bits per heavy atom. The van der Waals surface area contributed by atoms with Crippen LogP contribution in [0, 0.1) is 0 Å². The van der Waals surface area contributed by atoms with Crippen molar-refractivity contribution in [3.63, 3.8) is 0 Å². The normalized spacial score (nSPS) is 13.2. The first kappa shape index (κ1) is 32.1. The molecule has 5 aromatic carbocycles. The summed E-state index contributed by atoms with van der Waals surface area (Å²) in [5.74, 6) is 0. The number of benzene rings is 5. The fourth-order valence-corrected chi connectivity index (χ4v) is 11.4. The molecule has 0 aliphatic heterocycles. The molecule has 1 atom stereocenters. The summed E-state index contributed by atoms with van der Waals surface area (Å²) >= 11 is 5.58. The van der Waals surface area contributed by atoms with Crippen LogP contribution in [0.1, 0.15) is 24.5 Å². The standard InChI is InChI=1S/C24H24N2SSi.C18H15B/c1-2-28(23-15-9-14-22(27)18-23)24(26-17-16-25-19-26,20-10-5-3-6-11-20)21-12-7-4-8-13-21;1-4-10-16(11-5-1)19(17-12-6-2-7-13-17)18-14-8-3-9-15-18/h3-13,15-19,28H,2,14H2,1H3;1-15H. The molecule has 6 aromatic rings. The number of thiocarbonyl (C=S) groups is 1. The molecule has 0 saturated heterocycles. The Bertz CT molecular complexity index is 1760. The lowest BCUT2D eigenvalue weighted by molar-refractivity contribution is 0.582. The van der Waals surface area contributed by atoms with Gasteiger partial charge in [0.25, 0.3) is 0 Å². The fraction of sp³-hybridized carbons (Fsp3) is 0.0952. The summed E-state index contributed by atoms with van der Waals surface area (Å²) in [6, 6.07) is 54.9. The predicted octanol–water partition coefficient (Wildman–Crippen LogP) is 7.46. The summed E-state index contributed by atoms with van der Waals surface area (Å²) in [6.45, 7) is 2.63. The molecule has 230 valence electrons. The topological polar surface area (TPSA) is 17.8 Å². The second-order valence-electron chi connectivity index (χ2n) is 11.8. The van der Waals surface area contributed by atoms with Gasteiger partial charge in [-0.2, -0.15) is 0 Å². The smallest absolute Gasteiger partial charge is 0.241 e. The molecule has 7 rings (SSSR count). The van der Waals surface area contributed by atoms with Crippen molar-refractivity contribution in [2.45, 2.75) is 24.6 Å². The van der Waals surface area contributed by atoms with Crippen LogP contribution in [0.3, 0.4) is 0 Å². The zero-order chi connectivity index (χ0) is 32.3. The van der Waals surface area contributed by atoms with Crippen LogP contribution in [0.15, 0.2) is 194 Å². The monoisotopic (exact) mass is 642 g/mol. The Kier molecular flexibility index (Phi) is 10.7. The molecule has 1 heterocycles. The Hall–Kier alpha value is -4.84. The first-order valence-corrected chi connectivity index (χ1v) is 18.7. The van der Waals surface area contributed by atoms with Crippen LogP contribution in [0.4, 0.5) is 0 Å². The largest absolute Gasteiger partial charge is 0.326 e. The average Bonchev–Trinajstić information content (AvgIpc) is 3.69. The molecule has 47 heavy (non-hydrogen) atoms. The highest BCUT2D eigenvalue weighted by Gasteiger charge is 2.45. The second kappa shape index (κ2) is 15.6. The Morgan fingerprint density at radius 2 is 1.13 bits per heavy atom. The van der Waals surface area contributed by atoms with Crippen molar-refractivity contribution in [2.24, 2.45) is 0 Å². The Morgan fingerprint density at radius 1 is 0.681 bits per heavy atom. The average molecular weight is 643 g/mol. The van der Waals surface area contributed by atoms with Crippen molar-refractivity contribution >= 4 is 49.0 Å². The van der Waals surface area contributed by atoms with Crippen LogP contribution in [-0.4, -0.2) is 29.9 Å². The van der Waals surface area contributed by atoms with E-state index >= 15 is 0 Å². The maximum Gasteiger partial charge on any atom is 0.241 e. The molecule has 0 amide bonds. The van der Waals surface area contributed by atoms with Crippen LogP contribution >= 0.6 is 12.2 Å². The number of allylic oxidation sites excluding steroid dienone is 4. The highest BCUT2D eigenvalue weighted by molar-refractivity contribution is 7.80. The first-order chi connectivity index (χ1) is 23.2. The second-order valence-corrected chi connectivity index (χ2v) is 15.8. The van der Waals surface area contributed by atoms with E-state index in [1.54, 1.807) is 0 Å². The zero-order valence-corrected chi connectivity index (χ0v) is 28.7. The number of aromatic nitrogens is 2. The minimum atomic E-state index is -1.62. The van der Waals surface area contributed by atoms with Crippen molar-refractivity contribution in [2.75, 3.05) is 0 Å². The number of nitrogens with zero attached hydrogens (tertiary/aromatic N) is 2. The van der Waals surface area contributed by atoms with Gasteiger partial charge in [-0.3, -0.25) is 0 Å². The molecule has 0 bridgehead atoms. The van der Waals surface area contributed by atoms with Gasteiger partial charge in [0.05, 0.1) is 11.5 Å². The minimum Gasteiger partial charge on any atom is -0.326 e. The van der Waals surface area contributed by atoms with Gasteiger partial charge in [-0.25, -0.2) is 4.98 Å². The molecule has 2 nitrogen and oxygen atoms in total. The van der Waals surface area contributed by atoms with Crippen molar-refractivity contribution in [3.8, 4) is 0 Å². The van der Waals surface area contributed by atoms with Gasteiger partial charge in [-0.05, 0) is 17.2 Å². The summed E-state index contributed by atoms with van der Waals surface area (Å²) in [6.07, 6.45) is 13.6. The molecule has 1 aliphatic rings. The van der Waals surface area contributed by atoms with E-state index < -0.39 is 8.80 Å². The van der Waals surface area contributed by atoms with Crippen molar-refractivity contribution in [1.29, 1.82) is 0 Å². The molecule has 0 radical (unpaired) electrons. The number of hydrogen-bond acceptors (Lipinski definition) is 2. The van der Waals surface area contributed by atoms with E-state index in [4.69, 9.17) is 12.2 Å². The highest BCUT2D eigenvalue weighted by Crippen LogP contribution is 2.41. The minimum absolute atomic E-state index is 0.267. The lowest BCUT2D eigenvalue weighted by Gasteiger charge is -2.43. The van der Waals surface area contributed by atoms with E-state index in [1.807, 2.05) is 12.5 Å². The summed E-state index contributed by atoms with van der Waals surface area (Å²) in [7, 11) is -1.62. The SMILES string of the molecule is CC[SiH](C1=CC(=S)CC=C1)C(c1ccccc1)(c1ccccc1)n1ccnc1.c1ccc(B(c2ccccc2)c2ccccc2)cc1. The molecule has 5 heteroatoms. The van der Waals surface area contributed by atoms with Gasteiger partial charge in [0.2, 0.25) is 6.71 Å². The van der Waals surface area contributed by atoms with Gasteiger partial charge in [-0.1, -0.05) is 211 Å². The first-order valence-electron chi connectivity index (χ1n) is 16.4. The van der Waals surface area contributed by atoms with E-state index in [9.17, 15) is 0 Å². The van der Waals surface area contributed by atoms with Crippen molar-refractivity contribution < 1.29 is 0 Å². The van der Waals surface area contributed by atoms with Gasteiger partial charge >= 0.3 is 0 Å². The summed E-state index contributed by atoms with van der Waals surface area (Å²) in [4.78, 5) is 5.47. The third kappa shape index (κ3) is 7.12. The lowest BCUT2D eigenvalue weighted by atomic mass is 9.37. The van der Waals surface area contributed by atoms with Crippen molar-refractivity contribution in [1.82, 2.24) is 9.55 Å². The van der Waals surface area contributed by atoms with Gasteiger partial charge < -0.3 is 4.57 Å². The van der Waals surface area contributed by atoms with Gasteiger partial charge in [0.1, 0.15) is 8.80 Å². The Labute approximate surface area is 286 Å². The van der Waals surface area contributed by atoms with Crippen LogP contribution in [0.5, 0.6) is 0 Å². The maximum atomic E-state index is 5.58. The van der Waals surface area contributed by atoms with Gasteiger partial charge in [0.15, 0.2) is 0 Å². The summed E-state index contributed by atoms with van der Waals surface area (Å²) in [5, 5.41) is 1.15. The maximum absolute atomic E-state index is 5.58. The highest BCUT2D eigenvalue weighted by atomic mass is 32.1. The molecule has 0 saturated carbocycles. The van der Waals surface area contributed by atoms with E-state index in [1.165, 1.54) is 32.7 Å². The molecule has 0 fully saturated rings. The summed E-state index contributed by atoms with van der Waals surface area (Å²) in [5.41, 5.74) is 6.62. The fourth-order valence-electron chi connectivity index (χ4n) is 7.01. The zero-order valence-electron chi connectivity index (χ0n) is 26.8. The molecule has 0 N–H and O–H groups in total. The van der Waals surface area contributed by atoms with Gasteiger partial charge in [-0.15, -0.1) is 0 Å². The number of imidazole rings is 1. The number of rotatable bonds is 9. The summed E-state index contributed by atoms with van der Waals surface area (Å²) < 4.78 is 2.32. The molecule has 0 spiro atoms. The van der Waals surface area contributed by atoms with E-state index in [2.05, 4.69) is 193 Å². The van der Waals surface area contributed by atoms with Crippen LogP contribution < -0.4 is 16.4 Å². The van der Waals surface area contributed by atoms with E-state index in [0.29, 0.717) is 6.71 Å². The lowest BCUT2D eigenvalue weighted by Crippen LogP contribution is -2.51. The quantitative estimate of drug-likeness (QED) is 0.120. The van der Waals surface area contributed by atoms with E-state index in [0.717, 1.165) is 17.3 Å². The van der Waals surface area contributed by atoms with Crippen LogP contribution in [-0.2, 0) is 5.16 Å². The molecular weight excluding hydrogens is 603 g/mol. The third-order valence-corrected chi connectivity index (χ3v) is 13.2. The Balaban J connectivity index is 0.000000177. The molecular formula is C42H39BN2SSi. The van der Waals surface area contributed by atoms with Crippen molar-refractivity contribution in [3.05, 3.63) is 205 Å². The van der Waals surface area contributed by atoms with E-state index in [-0.39, 0.29) is 5.16 Å². The molecule has 1 unspecified atom stereocenters. The molecule has 1 aliphatic carbocycles. The van der Waals surface area contributed by atoms with Crippen LogP contribution in [0.2, 0.25) is 6.04 Å². The van der Waals surface area contributed by atoms with Gasteiger partial charge in [0, 0.05) is 23.7 Å². The molecule has 1 aromatic heterocycles. The predicted molar refractivity (Wildman–Crippen MR) is 207 cm³/mol. The third-order valence-electron chi connectivity index (χ3n) is 9.01. The number of hydrogen-bond donors (Lipinski definition) is 0.